The van der Waals surface area contributed by atoms with E-state index in [0.717, 1.165) is 32.1 Å². The van der Waals surface area contributed by atoms with Crippen molar-refractivity contribution in [2.75, 3.05) is 13.2 Å². The van der Waals surface area contributed by atoms with Gasteiger partial charge in [-0.3, -0.25) is 4.79 Å². The molecule has 203 valence electrons. The number of hydrogen-bond acceptors (Lipinski definition) is 8. The van der Waals surface area contributed by atoms with E-state index in [1.54, 1.807) is 13.8 Å². The molecule has 0 aromatic heterocycles. The van der Waals surface area contributed by atoms with Crippen LogP contribution in [0.3, 0.4) is 0 Å². The molecular formula is C26H44LiO9. The molecule has 2 saturated heterocycles. The van der Waals surface area contributed by atoms with Crippen LogP contribution in [-0.2, 0) is 23.8 Å². The number of epoxide rings is 1. The smallest absolute Gasteiger partial charge is 0.330 e. The topological polar surface area (TPSA) is 146 Å². The predicted octanol–water partition coefficient (Wildman–Crippen LogP) is 2.21. The van der Waals surface area contributed by atoms with E-state index < -0.39 is 36.4 Å². The van der Waals surface area contributed by atoms with Gasteiger partial charge in [-0.2, -0.15) is 0 Å². The van der Waals surface area contributed by atoms with Gasteiger partial charge >= 0.3 is 11.9 Å². The van der Waals surface area contributed by atoms with Crippen LogP contribution in [0.4, 0.5) is 0 Å². The maximum absolute atomic E-state index is 12.1. The molecule has 0 spiro atoms. The van der Waals surface area contributed by atoms with Gasteiger partial charge in [-0.1, -0.05) is 38.2 Å². The van der Waals surface area contributed by atoms with Crippen molar-refractivity contribution in [2.24, 2.45) is 11.8 Å². The Balaban J connectivity index is 0.00000648. The number of carboxylic acid groups (broad SMARTS) is 1. The Morgan fingerprint density at radius 3 is 2.31 bits per heavy atom. The van der Waals surface area contributed by atoms with Crippen LogP contribution in [-0.4, -0.2) is 101 Å². The largest absolute Gasteiger partial charge is 0.481 e. The van der Waals surface area contributed by atoms with Crippen LogP contribution in [0.1, 0.15) is 78.6 Å². The van der Waals surface area contributed by atoms with Gasteiger partial charge in [-0.25, -0.2) is 4.79 Å². The van der Waals surface area contributed by atoms with Gasteiger partial charge in [-0.15, -0.1) is 0 Å². The Hall–Kier alpha value is -0.923. The molecule has 0 amide bonds. The van der Waals surface area contributed by atoms with E-state index >= 15 is 0 Å². The minimum absolute atomic E-state index is 0. The third-order valence-electron chi connectivity index (χ3n) is 7.09. The minimum Gasteiger partial charge on any atom is -0.481 e. The average molecular weight is 508 g/mol. The summed E-state index contributed by atoms with van der Waals surface area (Å²) in [7, 11) is 0. The van der Waals surface area contributed by atoms with Crippen molar-refractivity contribution in [3.63, 3.8) is 0 Å². The fourth-order valence-electron chi connectivity index (χ4n) is 4.59. The maximum atomic E-state index is 12.1. The summed E-state index contributed by atoms with van der Waals surface area (Å²) < 4.78 is 16.7. The monoisotopic (exact) mass is 507 g/mol. The molecule has 0 saturated carbocycles. The SMILES string of the molecule is CC(=CC(=O)OCCCCCCCCC(=O)O)C[C@@H]1OC[C@H](C[C@@H]2O[C@H]2[C@@H](C)[C@H](C)O)[C@@H](O)[C@H]1O.[Li]. The summed E-state index contributed by atoms with van der Waals surface area (Å²) in [4.78, 5) is 22.5. The van der Waals surface area contributed by atoms with Gasteiger partial charge in [0.05, 0.1) is 43.7 Å². The molecule has 0 aromatic rings. The molecule has 0 bridgehead atoms. The van der Waals surface area contributed by atoms with Gasteiger partial charge in [0.15, 0.2) is 0 Å². The van der Waals surface area contributed by atoms with Crippen LogP contribution in [0.15, 0.2) is 11.6 Å². The summed E-state index contributed by atoms with van der Waals surface area (Å²) in [5.74, 6) is -1.42. The molecule has 0 unspecified atom stereocenters. The van der Waals surface area contributed by atoms with Crippen molar-refractivity contribution >= 4 is 30.8 Å². The number of aliphatic hydroxyl groups excluding tert-OH is 3. The number of carbonyl (C=O) groups excluding carboxylic acids is 1. The molecule has 10 heteroatoms. The Morgan fingerprint density at radius 2 is 1.67 bits per heavy atom. The number of carbonyl (C=O) groups is 2. The molecule has 0 aromatic carbocycles. The van der Waals surface area contributed by atoms with Gasteiger partial charge in [-0.05, 0) is 39.5 Å². The third-order valence-corrected chi connectivity index (χ3v) is 7.09. The molecule has 2 rings (SSSR count). The van der Waals surface area contributed by atoms with E-state index in [4.69, 9.17) is 19.3 Å². The van der Waals surface area contributed by atoms with Gasteiger partial charge in [0.2, 0.25) is 0 Å². The molecule has 4 N–H and O–H groups in total. The molecule has 36 heavy (non-hydrogen) atoms. The van der Waals surface area contributed by atoms with Gasteiger partial charge in [0.1, 0.15) is 6.10 Å². The number of rotatable bonds is 16. The van der Waals surface area contributed by atoms with Crippen molar-refractivity contribution in [2.45, 2.75) is 115 Å². The zero-order valence-electron chi connectivity index (χ0n) is 22.3. The van der Waals surface area contributed by atoms with E-state index in [-0.39, 0.29) is 49.3 Å². The minimum atomic E-state index is -1.06. The molecule has 2 aliphatic heterocycles. The molecule has 0 aliphatic carbocycles. The van der Waals surface area contributed by atoms with Crippen molar-refractivity contribution in [1.29, 1.82) is 0 Å². The average Bonchev–Trinajstić information content (AvgIpc) is 3.55. The maximum Gasteiger partial charge on any atom is 0.330 e. The molecule has 2 aliphatic rings. The van der Waals surface area contributed by atoms with E-state index in [1.807, 2.05) is 6.92 Å². The Morgan fingerprint density at radius 1 is 1.03 bits per heavy atom. The number of ether oxygens (including phenoxy) is 3. The van der Waals surface area contributed by atoms with Crippen LogP contribution in [0.5, 0.6) is 0 Å². The molecular weight excluding hydrogens is 463 g/mol. The van der Waals surface area contributed by atoms with E-state index in [1.165, 1.54) is 6.08 Å². The molecule has 1 radical (unpaired) electrons. The fraction of sp³-hybridized carbons (Fsp3) is 0.846. The third kappa shape index (κ3) is 11.6. The number of esters is 1. The number of hydrogen-bond donors (Lipinski definition) is 4. The Labute approximate surface area is 226 Å². The number of aliphatic carboxylic acids is 1. The first-order valence-electron chi connectivity index (χ1n) is 13.0. The molecule has 8 atom stereocenters. The van der Waals surface area contributed by atoms with E-state index in [9.17, 15) is 24.9 Å². The van der Waals surface area contributed by atoms with Crippen LogP contribution in [0, 0.1) is 11.8 Å². The first-order chi connectivity index (χ1) is 16.6. The first-order valence-corrected chi connectivity index (χ1v) is 13.0. The number of carboxylic acids is 1. The zero-order chi connectivity index (χ0) is 26.0. The van der Waals surface area contributed by atoms with Crippen molar-refractivity contribution in [3.8, 4) is 0 Å². The zero-order valence-corrected chi connectivity index (χ0v) is 22.3. The summed E-state index contributed by atoms with van der Waals surface area (Å²) in [6.45, 7) is 6.07. The van der Waals surface area contributed by atoms with Crippen molar-refractivity contribution < 1.29 is 44.2 Å². The van der Waals surface area contributed by atoms with Crippen molar-refractivity contribution in [1.82, 2.24) is 0 Å². The quantitative estimate of drug-likeness (QED) is 0.0812. The second-order valence-corrected chi connectivity index (χ2v) is 10.2. The van der Waals surface area contributed by atoms with Crippen LogP contribution in [0.2, 0.25) is 0 Å². The van der Waals surface area contributed by atoms with Crippen LogP contribution < -0.4 is 0 Å². The second-order valence-electron chi connectivity index (χ2n) is 10.2. The number of aliphatic hydroxyl groups is 3. The van der Waals surface area contributed by atoms with Gasteiger partial charge in [0, 0.05) is 43.2 Å². The molecule has 9 nitrogen and oxygen atoms in total. The summed E-state index contributed by atoms with van der Waals surface area (Å²) in [6.07, 6.45) is 4.61. The normalized spacial score (nSPS) is 29.7. The van der Waals surface area contributed by atoms with Gasteiger partial charge < -0.3 is 34.6 Å². The first kappa shape index (κ1) is 33.1. The predicted molar refractivity (Wildman–Crippen MR) is 134 cm³/mol. The van der Waals surface area contributed by atoms with E-state index in [2.05, 4.69) is 0 Å². The summed E-state index contributed by atoms with van der Waals surface area (Å²) in [5.41, 5.74) is 0.708. The Kier molecular flexibility index (Phi) is 15.5. The summed E-state index contributed by atoms with van der Waals surface area (Å²) in [5, 5.41) is 39.5. The molecule has 2 fully saturated rings. The van der Waals surface area contributed by atoms with Gasteiger partial charge in [0.25, 0.3) is 0 Å². The van der Waals surface area contributed by atoms with Crippen LogP contribution in [0.25, 0.3) is 0 Å². The molecule has 2 heterocycles. The standard InChI is InChI=1S/C26H44O9.Li/c1-16(13-23(30)33-11-9-7-5-4-6-8-10-22(28)29)12-20-25(32)24(31)19(15-34-20)14-21-26(35-21)17(2)18(3)27;/h13,17-21,24-27,31-32H,4-12,14-15H2,1-3H3,(H,28,29);/t17-,18-,19-,20-,21-,24+,25-,26-;/m0./s1. The van der Waals surface area contributed by atoms with E-state index in [0.29, 0.717) is 38.0 Å². The van der Waals surface area contributed by atoms with Crippen molar-refractivity contribution in [3.05, 3.63) is 11.6 Å². The second kappa shape index (κ2) is 16.8. The summed E-state index contributed by atoms with van der Waals surface area (Å²) in [6, 6.07) is 0. The Bertz CT molecular complexity index is 699. The fourth-order valence-corrected chi connectivity index (χ4v) is 4.59. The number of unbranched alkanes of at least 4 members (excludes halogenated alkanes) is 5. The van der Waals surface area contributed by atoms with Crippen LogP contribution >= 0.6 is 0 Å². The summed E-state index contributed by atoms with van der Waals surface area (Å²) >= 11 is 0.